The number of hydrogen-bond acceptors (Lipinski definition) is 5. The molecule has 3 rings (SSSR count). The average molecular weight is 264 g/mol. The molecule has 19 heavy (non-hydrogen) atoms. The number of rotatable bonds is 3. The summed E-state index contributed by atoms with van der Waals surface area (Å²) < 4.78 is 5.34. The number of nitrogens with one attached hydrogen (secondary N) is 2. The number of fused-ring (bicyclic) bond motifs is 1. The first-order valence-electron chi connectivity index (χ1n) is 6.99. The zero-order valence-corrected chi connectivity index (χ0v) is 11.1. The van der Waals surface area contributed by atoms with E-state index in [1.54, 1.807) is 0 Å². The van der Waals surface area contributed by atoms with Gasteiger partial charge >= 0.3 is 0 Å². The predicted molar refractivity (Wildman–Crippen MR) is 72.6 cm³/mol. The summed E-state index contributed by atoms with van der Waals surface area (Å²) in [7, 11) is 0. The SMILES string of the molecule is O=c1[nH]nc(CCN2CCOCC2)c2c1CCCN2. The van der Waals surface area contributed by atoms with Gasteiger partial charge in [-0.15, -0.1) is 0 Å². The molecule has 2 aliphatic heterocycles. The molecular weight excluding hydrogens is 244 g/mol. The van der Waals surface area contributed by atoms with Crippen molar-refractivity contribution < 1.29 is 4.74 Å². The minimum atomic E-state index is -0.0441. The van der Waals surface area contributed by atoms with Crippen molar-refractivity contribution in [2.24, 2.45) is 0 Å². The number of nitrogens with zero attached hydrogens (tertiary/aromatic N) is 2. The summed E-state index contributed by atoms with van der Waals surface area (Å²) in [6.07, 6.45) is 2.74. The molecule has 0 saturated carbocycles. The molecule has 0 radical (unpaired) electrons. The fraction of sp³-hybridized carbons (Fsp3) is 0.692. The quantitative estimate of drug-likeness (QED) is 0.804. The standard InChI is InChI=1S/C13H20N4O2/c18-13-10-2-1-4-14-12(10)11(15-16-13)3-5-17-6-8-19-9-7-17/h14H,1-9H2,(H,16,18). The van der Waals surface area contributed by atoms with E-state index in [1.165, 1.54) is 0 Å². The normalized spacial score (nSPS) is 19.8. The van der Waals surface area contributed by atoms with Crippen LogP contribution in [0.4, 0.5) is 5.69 Å². The third kappa shape index (κ3) is 2.79. The highest BCUT2D eigenvalue weighted by atomic mass is 16.5. The van der Waals surface area contributed by atoms with Crippen LogP contribution < -0.4 is 10.9 Å². The second-order valence-corrected chi connectivity index (χ2v) is 5.09. The van der Waals surface area contributed by atoms with E-state index in [4.69, 9.17) is 4.74 Å². The number of aromatic nitrogens is 2. The molecule has 6 nitrogen and oxygen atoms in total. The molecule has 0 spiro atoms. The van der Waals surface area contributed by atoms with Gasteiger partial charge in [0.15, 0.2) is 0 Å². The number of hydrogen-bond donors (Lipinski definition) is 2. The zero-order chi connectivity index (χ0) is 13.1. The van der Waals surface area contributed by atoms with Crippen LogP contribution >= 0.6 is 0 Å². The van der Waals surface area contributed by atoms with Crippen LogP contribution in [-0.2, 0) is 17.6 Å². The molecule has 104 valence electrons. The van der Waals surface area contributed by atoms with Gasteiger partial charge in [0.2, 0.25) is 0 Å². The van der Waals surface area contributed by atoms with E-state index in [9.17, 15) is 4.79 Å². The van der Waals surface area contributed by atoms with Crippen LogP contribution in [0.1, 0.15) is 17.7 Å². The molecule has 0 aliphatic carbocycles. The number of ether oxygens (including phenoxy) is 1. The Balaban J connectivity index is 1.72. The summed E-state index contributed by atoms with van der Waals surface area (Å²) in [4.78, 5) is 14.1. The van der Waals surface area contributed by atoms with Crippen molar-refractivity contribution in [2.45, 2.75) is 19.3 Å². The summed E-state index contributed by atoms with van der Waals surface area (Å²) in [6.45, 7) is 5.50. The lowest BCUT2D eigenvalue weighted by Gasteiger charge is -2.27. The van der Waals surface area contributed by atoms with Crippen molar-refractivity contribution in [1.82, 2.24) is 15.1 Å². The highest BCUT2D eigenvalue weighted by molar-refractivity contribution is 5.55. The van der Waals surface area contributed by atoms with Crippen molar-refractivity contribution >= 4 is 5.69 Å². The summed E-state index contributed by atoms with van der Waals surface area (Å²) in [5, 5.41) is 10.2. The Bertz CT molecular complexity index is 494. The molecule has 1 fully saturated rings. The summed E-state index contributed by atoms with van der Waals surface area (Å²) in [6, 6.07) is 0. The molecule has 2 N–H and O–H groups in total. The number of aromatic amines is 1. The van der Waals surface area contributed by atoms with E-state index in [0.717, 1.165) is 75.6 Å². The van der Waals surface area contributed by atoms with E-state index in [0.29, 0.717) is 0 Å². The first-order chi connectivity index (χ1) is 9.34. The molecule has 2 aliphatic rings. The van der Waals surface area contributed by atoms with Crippen molar-refractivity contribution in [1.29, 1.82) is 0 Å². The van der Waals surface area contributed by atoms with Gasteiger partial charge in [-0.05, 0) is 12.8 Å². The topological polar surface area (TPSA) is 70.2 Å². The molecule has 6 heteroatoms. The molecule has 0 atom stereocenters. The van der Waals surface area contributed by atoms with E-state index in [-0.39, 0.29) is 5.56 Å². The molecule has 1 aromatic heterocycles. The van der Waals surface area contributed by atoms with Crippen molar-refractivity contribution in [2.75, 3.05) is 44.7 Å². The van der Waals surface area contributed by atoms with Crippen molar-refractivity contribution in [3.8, 4) is 0 Å². The molecule has 1 saturated heterocycles. The molecular formula is C13H20N4O2. The molecule has 3 heterocycles. The Morgan fingerprint density at radius 1 is 1.32 bits per heavy atom. The number of H-pyrrole nitrogens is 1. The highest BCUT2D eigenvalue weighted by Gasteiger charge is 2.18. The van der Waals surface area contributed by atoms with Crippen molar-refractivity contribution in [3.05, 3.63) is 21.6 Å². The lowest BCUT2D eigenvalue weighted by atomic mass is 10.0. The van der Waals surface area contributed by atoms with Gasteiger partial charge in [0.25, 0.3) is 5.56 Å². The van der Waals surface area contributed by atoms with Crippen molar-refractivity contribution in [3.63, 3.8) is 0 Å². The first kappa shape index (κ1) is 12.6. The van der Waals surface area contributed by atoms with E-state index < -0.39 is 0 Å². The first-order valence-corrected chi connectivity index (χ1v) is 6.99. The molecule has 0 aromatic carbocycles. The molecule has 0 unspecified atom stereocenters. The highest BCUT2D eigenvalue weighted by Crippen LogP contribution is 2.21. The zero-order valence-electron chi connectivity index (χ0n) is 11.1. The Morgan fingerprint density at radius 3 is 3.00 bits per heavy atom. The molecule has 0 bridgehead atoms. The van der Waals surface area contributed by atoms with Gasteiger partial charge in [-0.1, -0.05) is 0 Å². The van der Waals surface area contributed by atoms with Gasteiger partial charge in [0, 0.05) is 38.2 Å². The van der Waals surface area contributed by atoms with Crippen LogP contribution in [0.2, 0.25) is 0 Å². The maximum atomic E-state index is 11.7. The van der Waals surface area contributed by atoms with Gasteiger partial charge in [0.05, 0.1) is 24.6 Å². The van der Waals surface area contributed by atoms with Crippen LogP contribution in [-0.4, -0.2) is 54.5 Å². The predicted octanol–water partition coefficient (Wildman–Crippen LogP) is 0.00270. The smallest absolute Gasteiger partial charge is 0.269 e. The summed E-state index contributed by atoms with van der Waals surface area (Å²) in [5.74, 6) is 0. The largest absolute Gasteiger partial charge is 0.383 e. The van der Waals surface area contributed by atoms with E-state index in [2.05, 4.69) is 20.4 Å². The Kier molecular flexibility index (Phi) is 3.79. The second-order valence-electron chi connectivity index (χ2n) is 5.09. The van der Waals surface area contributed by atoms with E-state index in [1.807, 2.05) is 0 Å². The summed E-state index contributed by atoms with van der Waals surface area (Å²) in [5.41, 5.74) is 2.79. The lowest BCUT2D eigenvalue weighted by molar-refractivity contribution is 0.0383. The second kappa shape index (κ2) is 5.71. The monoisotopic (exact) mass is 264 g/mol. The van der Waals surface area contributed by atoms with Gasteiger partial charge in [-0.25, -0.2) is 5.10 Å². The van der Waals surface area contributed by atoms with Crippen LogP contribution in [0.5, 0.6) is 0 Å². The third-order valence-electron chi connectivity index (χ3n) is 3.83. The lowest BCUT2D eigenvalue weighted by Crippen LogP contribution is -2.38. The fourth-order valence-electron chi connectivity index (χ4n) is 2.72. The molecule has 0 amide bonds. The van der Waals surface area contributed by atoms with Gasteiger partial charge in [0.1, 0.15) is 0 Å². The minimum Gasteiger partial charge on any atom is -0.383 e. The van der Waals surface area contributed by atoms with E-state index >= 15 is 0 Å². The minimum absolute atomic E-state index is 0.0441. The van der Waals surface area contributed by atoms with Crippen LogP contribution in [0, 0.1) is 0 Å². The third-order valence-corrected chi connectivity index (χ3v) is 3.83. The number of anilines is 1. The Hall–Kier alpha value is -1.40. The Labute approximate surface area is 112 Å². The van der Waals surface area contributed by atoms with Gasteiger partial charge in [-0.2, -0.15) is 5.10 Å². The van der Waals surface area contributed by atoms with Crippen LogP contribution in [0.3, 0.4) is 0 Å². The van der Waals surface area contributed by atoms with Crippen LogP contribution in [0.25, 0.3) is 0 Å². The average Bonchev–Trinajstić information content (AvgIpc) is 2.48. The number of morpholine rings is 1. The maximum absolute atomic E-state index is 11.7. The molecule has 1 aromatic rings. The Morgan fingerprint density at radius 2 is 2.16 bits per heavy atom. The van der Waals surface area contributed by atoms with Gasteiger partial charge < -0.3 is 10.1 Å². The maximum Gasteiger partial charge on any atom is 0.269 e. The van der Waals surface area contributed by atoms with Crippen LogP contribution in [0.15, 0.2) is 4.79 Å². The fourth-order valence-corrected chi connectivity index (χ4v) is 2.72. The van der Waals surface area contributed by atoms with Gasteiger partial charge in [-0.3, -0.25) is 9.69 Å². The summed E-state index contributed by atoms with van der Waals surface area (Å²) >= 11 is 0.